The summed E-state index contributed by atoms with van der Waals surface area (Å²) in [5.41, 5.74) is 2.90. The first-order chi connectivity index (χ1) is 11.2. The topological polar surface area (TPSA) is 46.3 Å². The summed E-state index contributed by atoms with van der Waals surface area (Å²) in [4.78, 5) is 15.1. The van der Waals surface area contributed by atoms with Crippen LogP contribution in [0.25, 0.3) is 11.3 Å². The van der Waals surface area contributed by atoms with Crippen LogP contribution in [0.2, 0.25) is 0 Å². The fourth-order valence-electron chi connectivity index (χ4n) is 3.13. The maximum atomic E-state index is 12.7. The van der Waals surface area contributed by atoms with Crippen LogP contribution in [0.4, 0.5) is 0 Å². The van der Waals surface area contributed by atoms with Gasteiger partial charge in [0.2, 0.25) is 11.5 Å². The third kappa shape index (κ3) is 3.70. The predicted molar refractivity (Wildman–Crippen MR) is 90.5 cm³/mol. The number of hydrogen-bond donors (Lipinski definition) is 0. The number of aromatic nitrogens is 1. The van der Waals surface area contributed by atoms with Gasteiger partial charge >= 0.3 is 0 Å². The average Bonchev–Trinajstić information content (AvgIpc) is 3.24. The maximum Gasteiger partial charge on any atom is 0.205 e. The molecule has 1 aromatic heterocycles. The molecule has 1 aliphatic heterocycles. The first-order valence-corrected chi connectivity index (χ1v) is 8.47. The normalized spacial score (nSPS) is 16.6. The second-order valence-electron chi connectivity index (χ2n) is 6.42. The maximum absolute atomic E-state index is 12.7. The molecule has 1 fully saturated rings. The van der Waals surface area contributed by atoms with Crippen molar-refractivity contribution in [3.05, 3.63) is 41.7 Å². The third-order valence-electron chi connectivity index (χ3n) is 4.64. The molecule has 0 amide bonds. The van der Waals surface area contributed by atoms with Crippen LogP contribution in [0.1, 0.15) is 42.3 Å². The number of carbonyl (C=O) groups excluding carboxylic acids is 1. The van der Waals surface area contributed by atoms with Crippen LogP contribution in [0.15, 0.2) is 34.9 Å². The molecule has 4 heteroatoms. The van der Waals surface area contributed by atoms with Crippen molar-refractivity contribution in [2.24, 2.45) is 5.92 Å². The number of hydrogen-bond acceptors (Lipinski definition) is 4. The lowest BCUT2D eigenvalue weighted by Crippen LogP contribution is -2.30. The molecular formula is C19H24N2O2. The molecule has 3 rings (SSSR count). The summed E-state index contributed by atoms with van der Waals surface area (Å²) in [6, 6.07) is 9.85. The molecule has 2 heterocycles. The molecule has 0 spiro atoms. The van der Waals surface area contributed by atoms with Crippen LogP contribution < -0.4 is 0 Å². The van der Waals surface area contributed by atoms with E-state index in [0.29, 0.717) is 5.76 Å². The predicted octanol–water partition coefficient (Wildman–Crippen LogP) is 3.95. The molecule has 0 N–H and O–H groups in total. The monoisotopic (exact) mass is 312 g/mol. The molecule has 23 heavy (non-hydrogen) atoms. The molecular weight excluding hydrogens is 288 g/mol. The lowest BCUT2D eigenvalue weighted by atomic mass is 9.98. The first kappa shape index (κ1) is 15.9. The van der Waals surface area contributed by atoms with Crippen molar-refractivity contribution < 1.29 is 9.32 Å². The zero-order valence-electron chi connectivity index (χ0n) is 13.9. The minimum Gasteiger partial charge on any atom is -0.352 e. The van der Waals surface area contributed by atoms with E-state index in [1.54, 1.807) is 6.07 Å². The highest BCUT2D eigenvalue weighted by Crippen LogP contribution is 2.23. The standard InChI is InChI=1S/C19H24N2O2/c1-3-15(13-21-10-4-5-11-21)19(22)18-12-17(20-23-18)16-8-6-14(2)7-9-16/h6-9,12,15H,3-5,10-11,13H2,1-2H3. The lowest BCUT2D eigenvalue weighted by molar-refractivity contribution is 0.0847. The van der Waals surface area contributed by atoms with Gasteiger partial charge in [-0.25, -0.2) is 0 Å². The second-order valence-corrected chi connectivity index (χ2v) is 6.42. The quantitative estimate of drug-likeness (QED) is 0.758. The molecule has 4 nitrogen and oxygen atoms in total. The van der Waals surface area contributed by atoms with Crippen molar-refractivity contribution in [1.29, 1.82) is 0 Å². The fourth-order valence-corrected chi connectivity index (χ4v) is 3.13. The Kier molecular flexibility index (Phi) is 4.91. The van der Waals surface area contributed by atoms with Crippen molar-refractivity contribution in [2.45, 2.75) is 33.1 Å². The second kappa shape index (κ2) is 7.09. The summed E-state index contributed by atoms with van der Waals surface area (Å²) in [6.07, 6.45) is 3.31. The van der Waals surface area contributed by atoms with E-state index in [-0.39, 0.29) is 11.7 Å². The molecule has 122 valence electrons. The Morgan fingerprint density at radius 2 is 1.96 bits per heavy atom. The van der Waals surface area contributed by atoms with Gasteiger partial charge in [0, 0.05) is 24.1 Å². The van der Waals surface area contributed by atoms with Gasteiger partial charge in [-0.2, -0.15) is 0 Å². The number of likely N-dealkylation sites (tertiary alicyclic amines) is 1. The largest absolute Gasteiger partial charge is 0.352 e. The molecule has 1 aromatic carbocycles. The van der Waals surface area contributed by atoms with E-state index in [1.165, 1.54) is 18.4 Å². The SMILES string of the molecule is CCC(CN1CCCC1)C(=O)c1cc(-c2ccc(C)cc2)no1. The van der Waals surface area contributed by atoms with Crippen molar-refractivity contribution in [3.8, 4) is 11.3 Å². The van der Waals surface area contributed by atoms with Crippen molar-refractivity contribution in [2.75, 3.05) is 19.6 Å². The van der Waals surface area contributed by atoms with Crippen LogP contribution in [-0.4, -0.2) is 35.5 Å². The molecule has 1 saturated heterocycles. The fraction of sp³-hybridized carbons (Fsp3) is 0.474. The number of nitrogens with zero attached hydrogens (tertiary/aromatic N) is 2. The highest BCUT2D eigenvalue weighted by Gasteiger charge is 2.26. The highest BCUT2D eigenvalue weighted by atomic mass is 16.5. The molecule has 0 radical (unpaired) electrons. The Morgan fingerprint density at radius 3 is 2.61 bits per heavy atom. The van der Waals surface area contributed by atoms with Gasteiger partial charge in [-0.3, -0.25) is 4.79 Å². The highest BCUT2D eigenvalue weighted by molar-refractivity contribution is 5.96. The number of ketones is 1. The minimum atomic E-state index is -0.00748. The third-order valence-corrected chi connectivity index (χ3v) is 4.64. The van der Waals surface area contributed by atoms with Crippen LogP contribution in [0, 0.1) is 12.8 Å². The average molecular weight is 312 g/mol. The molecule has 0 saturated carbocycles. The van der Waals surface area contributed by atoms with Gasteiger partial charge in [0.15, 0.2) is 0 Å². The van der Waals surface area contributed by atoms with Crippen molar-refractivity contribution in [1.82, 2.24) is 10.1 Å². The number of aryl methyl sites for hydroxylation is 1. The van der Waals surface area contributed by atoms with Crippen LogP contribution in [0.5, 0.6) is 0 Å². The molecule has 1 atom stereocenters. The molecule has 2 aromatic rings. The zero-order valence-corrected chi connectivity index (χ0v) is 13.9. The molecule has 1 unspecified atom stereocenters. The van der Waals surface area contributed by atoms with E-state index in [4.69, 9.17) is 4.52 Å². The van der Waals surface area contributed by atoms with Crippen LogP contribution >= 0.6 is 0 Å². The summed E-state index contributed by atoms with van der Waals surface area (Å²) in [5.74, 6) is 0.448. The summed E-state index contributed by atoms with van der Waals surface area (Å²) < 4.78 is 5.34. The van der Waals surface area contributed by atoms with E-state index in [1.807, 2.05) is 31.2 Å². The Morgan fingerprint density at radius 1 is 1.26 bits per heavy atom. The van der Waals surface area contributed by atoms with E-state index in [0.717, 1.165) is 37.3 Å². The number of carbonyl (C=O) groups is 1. The van der Waals surface area contributed by atoms with E-state index in [9.17, 15) is 4.79 Å². The lowest BCUT2D eigenvalue weighted by Gasteiger charge is -2.20. The van der Waals surface area contributed by atoms with Gasteiger partial charge in [0.05, 0.1) is 0 Å². The Bertz CT molecular complexity index is 654. The van der Waals surface area contributed by atoms with E-state index >= 15 is 0 Å². The Labute approximate surface area is 137 Å². The smallest absolute Gasteiger partial charge is 0.205 e. The Hall–Kier alpha value is -1.94. The summed E-state index contributed by atoms with van der Waals surface area (Å²) in [7, 11) is 0. The van der Waals surface area contributed by atoms with E-state index < -0.39 is 0 Å². The Balaban J connectivity index is 1.72. The summed E-state index contributed by atoms with van der Waals surface area (Å²) in [6.45, 7) is 7.15. The van der Waals surface area contributed by atoms with Crippen molar-refractivity contribution in [3.63, 3.8) is 0 Å². The number of rotatable bonds is 6. The number of benzene rings is 1. The summed E-state index contributed by atoms with van der Waals surface area (Å²) >= 11 is 0. The van der Waals surface area contributed by atoms with Gasteiger partial charge in [-0.15, -0.1) is 0 Å². The van der Waals surface area contributed by atoms with Gasteiger partial charge in [0.1, 0.15) is 5.69 Å². The van der Waals surface area contributed by atoms with Gasteiger partial charge < -0.3 is 9.42 Å². The first-order valence-electron chi connectivity index (χ1n) is 8.47. The van der Waals surface area contributed by atoms with Gasteiger partial charge in [0.25, 0.3) is 0 Å². The zero-order chi connectivity index (χ0) is 16.2. The van der Waals surface area contributed by atoms with E-state index in [2.05, 4.69) is 17.0 Å². The molecule has 1 aliphatic rings. The minimum absolute atomic E-state index is 0.00748. The molecule has 0 aliphatic carbocycles. The molecule has 0 bridgehead atoms. The van der Waals surface area contributed by atoms with Crippen molar-refractivity contribution >= 4 is 5.78 Å². The van der Waals surface area contributed by atoms with Crippen LogP contribution in [-0.2, 0) is 0 Å². The van der Waals surface area contributed by atoms with Gasteiger partial charge in [-0.05, 0) is 39.3 Å². The van der Waals surface area contributed by atoms with Gasteiger partial charge in [-0.1, -0.05) is 41.9 Å². The number of Topliss-reactive ketones (excluding diaryl/α,β-unsaturated/α-hetero) is 1. The van der Waals surface area contributed by atoms with Crippen LogP contribution in [0.3, 0.4) is 0 Å². The summed E-state index contributed by atoms with van der Waals surface area (Å²) in [5, 5.41) is 4.08.